The van der Waals surface area contributed by atoms with Crippen LogP contribution in [0.2, 0.25) is 0 Å². The lowest BCUT2D eigenvalue weighted by molar-refractivity contribution is 0.656. The molecule has 0 spiro atoms. The summed E-state index contributed by atoms with van der Waals surface area (Å²) in [6.07, 6.45) is 0. The Kier molecular flexibility index (Phi) is 19.5. The van der Waals surface area contributed by atoms with Crippen LogP contribution in [0.15, 0.2) is 526 Å². The van der Waals surface area contributed by atoms with Gasteiger partial charge in [-0.2, -0.15) is 0 Å². The number of nitrogens with zero attached hydrogens (tertiary/aromatic N) is 6. The SMILES string of the molecule is CC1(C)c2ccccc2-c2cccc(-n3c4ccccc4c4cc(-c5ccc6c(c5)c5ccccc5n6-c5ccccc5)ccc43)c21.c1ccc(-n2c3ccccc3c3cc(-c4ccc5c(c4)c4cc(-c6cccc7c6oc6ccccc67)ccc4n5-c4ccccc4)ccc32)cc1.c1ccc(-n2c3ccccc3c3cc(-c4ccc5c(c4)c4cc(-c6cccc7sc8ccccc8c67)ccc4n5-c4ccccc4)ccc32)cc1. The van der Waals surface area contributed by atoms with Crippen LogP contribution in [-0.4, -0.2) is 27.4 Å². The van der Waals surface area contributed by atoms with Gasteiger partial charge in [0.05, 0.1) is 71.9 Å². The van der Waals surface area contributed by atoms with Gasteiger partial charge in [-0.1, -0.05) is 329 Å². The molecule has 149 heavy (non-hydrogen) atoms. The Balaban J connectivity index is 0.000000103. The van der Waals surface area contributed by atoms with Crippen molar-refractivity contribution in [2.75, 3.05) is 0 Å². The molecular weight excluding hydrogens is 1830 g/mol. The average molecular weight is 1920 g/mol. The molecule has 8 aromatic heterocycles. The Labute approximate surface area is 862 Å². The molecule has 0 amide bonds. The lowest BCUT2D eigenvalue weighted by atomic mass is 9.81. The highest BCUT2D eigenvalue weighted by Gasteiger charge is 2.39. The number of para-hydroxylation sites is 11. The first-order chi connectivity index (χ1) is 73.7. The van der Waals surface area contributed by atoms with E-state index in [2.05, 4.69) is 551 Å². The molecule has 0 bridgehead atoms. The van der Waals surface area contributed by atoms with E-state index in [1.165, 1.54) is 246 Å². The van der Waals surface area contributed by atoms with Crippen LogP contribution in [0.25, 0.3) is 274 Å². The van der Waals surface area contributed by atoms with Crippen LogP contribution in [0.3, 0.4) is 0 Å². The van der Waals surface area contributed by atoms with E-state index in [9.17, 15) is 0 Å². The van der Waals surface area contributed by atoms with E-state index in [1.54, 1.807) is 0 Å². The first-order valence-corrected chi connectivity index (χ1v) is 52.1. The smallest absolute Gasteiger partial charge is 0.143 e. The van der Waals surface area contributed by atoms with Crippen LogP contribution in [0.4, 0.5) is 0 Å². The molecule has 23 aromatic carbocycles. The van der Waals surface area contributed by atoms with Gasteiger partial charge in [-0.25, -0.2) is 0 Å². The van der Waals surface area contributed by atoms with Gasteiger partial charge in [-0.05, 0) is 279 Å². The highest BCUT2D eigenvalue weighted by atomic mass is 32.1. The average Bonchev–Trinajstić information content (AvgIpc) is 1.54. The largest absolute Gasteiger partial charge is 0.455 e. The fraction of sp³-hybridized carbons (Fsp3) is 0.0213. The van der Waals surface area contributed by atoms with Crippen molar-refractivity contribution in [3.05, 3.63) is 533 Å². The van der Waals surface area contributed by atoms with E-state index in [-0.39, 0.29) is 5.41 Å². The van der Waals surface area contributed by atoms with Crippen molar-refractivity contribution in [1.29, 1.82) is 0 Å². The Bertz CT molecular complexity index is 10900. The van der Waals surface area contributed by atoms with Crippen molar-refractivity contribution < 1.29 is 4.42 Å². The summed E-state index contributed by atoms with van der Waals surface area (Å²) in [5.41, 5.74) is 40.9. The minimum absolute atomic E-state index is 0.103. The highest BCUT2D eigenvalue weighted by Crippen LogP contribution is 2.54. The second-order valence-corrected chi connectivity index (χ2v) is 41.1. The zero-order valence-corrected chi connectivity index (χ0v) is 82.5. The van der Waals surface area contributed by atoms with E-state index < -0.39 is 0 Å². The van der Waals surface area contributed by atoms with Crippen molar-refractivity contribution in [2.24, 2.45) is 0 Å². The van der Waals surface area contributed by atoms with Gasteiger partial charge in [-0.3, -0.25) is 0 Å². The molecule has 0 saturated heterocycles. The fourth-order valence-electron chi connectivity index (χ4n) is 24.9. The van der Waals surface area contributed by atoms with Gasteiger partial charge < -0.3 is 31.8 Å². The third-order valence-electron chi connectivity index (χ3n) is 31.5. The van der Waals surface area contributed by atoms with Gasteiger partial charge in [-0.15, -0.1) is 11.3 Å². The molecule has 32 rings (SSSR count). The molecule has 0 fully saturated rings. The lowest BCUT2D eigenvalue weighted by Gasteiger charge is -2.25. The Morgan fingerprint density at radius 1 is 0.181 bits per heavy atom. The maximum absolute atomic E-state index is 6.48. The Hall–Kier alpha value is -19.1. The molecule has 8 heteroatoms. The molecule has 0 radical (unpaired) electrons. The second-order valence-electron chi connectivity index (χ2n) is 40.0. The molecule has 8 heterocycles. The molecule has 0 N–H and O–H groups in total. The van der Waals surface area contributed by atoms with Gasteiger partial charge in [0.1, 0.15) is 11.2 Å². The summed E-state index contributed by atoms with van der Waals surface area (Å²) in [7, 11) is 0. The summed E-state index contributed by atoms with van der Waals surface area (Å²) >= 11 is 1.87. The molecule has 7 nitrogen and oxygen atoms in total. The summed E-state index contributed by atoms with van der Waals surface area (Å²) < 4.78 is 23.6. The van der Waals surface area contributed by atoms with Crippen molar-refractivity contribution in [2.45, 2.75) is 19.3 Å². The monoisotopic (exact) mass is 1920 g/mol. The van der Waals surface area contributed by atoms with E-state index in [0.29, 0.717) is 0 Å². The maximum atomic E-state index is 6.48. The predicted molar refractivity (Wildman–Crippen MR) is 630 cm³/mol. The zero-order valence-electron chi connectivity index (χ0n) is 81.7. The van der Waals surface area contributed by atoms with E-state index in [4.69, 9.17) is 4.42 Å². The van der Waals surface area contributed by atoms with Gasteiger partial charge in [0, 0.05) is 135 Å². The van der Waals surface area contributed by atoms with Crippen LogP contribution >= 0.6 is 11.3 Å². The van der Waals surface area contributed by atoms with Gasteiger partial charge in [0.25, 0.3) is 0 Å². The van der Waals surface area contributed by atoms with Crippen molar-refractivity contribution >= 4 is 184 Å². The number of benzene rings is 23. The van der Waals surface area contributed by atoms with Gasteiger partial charge in [0.15, 0.2) is 0 Å². The number of fused-ring (bicyclic) bond motifs is 27. The molecule has 1 aliphatic rings. The van der Waals surface area contributed by atoms with E-state index in [1.807, 2.05) is 23.5 Å². The maximum Gasteiger partial charge on any atom is 0.143 e. The molecule has 31 aromatic rings. The van der Waals surface area contributed by atoms with Crippen LogP contribution in [0, 0.1) is 0 Å². The zero-order chi connectivity index (χ0) is 98.2. The number of thiophene rings is 1. The molecule has 1 aliphatic carbocycles. The number of rotatable bonds is 11. The molecule has 698 valence electrons. The van der Waals surface area contributed by atoms with Crippen LogP contribution in [-0.2, 0) is 5.41 Å². The highest BCUT2D eigenvalue weighted by molar-refractivity contribution is 7.26. The molecule has 0 unspecified atom stereocenters. The van der Waals surface area contributed by atoms with E-state index >= 15 is 0 Å². The van der Waals surface area contributed by atoms with E-state index in [0.717, 1.165) is 38.8 Å². The lowest BCUT2D eigenvalue weighted by Crippen LogP contribution is -2.17. The van der Waals surface area contributed by atoms with Crippen molar-refractivity contribution in [3.63, 3.8) is 0 Å². The number of aromatic nitrogens is 6. The predicted octanol–water partition coefficient (Wildman–Crippen LogP) is 38.6. The minimum Gasteiger partial charge on any atom is -0.455 e. The summed E-state index contributed by atoms with van der Waals surface area (Å²) in [5, 5.41) is 20.0. The fourth-order valence-corrected chi connectivity index (χ4v) is 26.0. The number of hydrogen-bond acceptors (Lipinski definition) is 2. The minimum atomic E-state index is -0.103. The van der Waals surface area contributed by atoms with Crippen LogP contribution < -0.4 is 0 Å². The summed E-state index contributed by atoms with van der Waals surface area (Å²) in [6.45, 7) is 4.75. The summed E-state index contributed by atoms with van der Waals surface area (Å²) in [4.78, 5) is 0. The first kappa shape index (κ1) is 85.5. The Morgan fingerprint density at radius 2 is 0.450 bits per heavy atom. The first-order valence-electron chi connectivity index (χ1n) is 51.3. The van der Waals surface area contributed by atoms with Crippen LogP contribution in [0.1, 0.15) is 25.0 Å². The van der Waals surface area contributed by atoms with Crippen LogP contribution in [0.5, 0.6) is 0 Å². The number of furan rings is 1. The molecular formula is C141H92N6OS. The van der Waals surface area contributed by atoms with Gasteiger partial charge in [0.2, 0.25) is 0 Å². The summed E-state index contributed by atoms with van der Waals surface area (Å²) in [6, 6.07) is 190. The van der Waals surface area contributed by atoms with Crippen molar-refractivity contribution in [1.82, 2.24) is 27.4 Å². The molecule has 0 atom stereocenters. The second kappa shape index (κ2) is 34.0. The third kappa shape index (κ3) is 13.5. The third-order valence-corrected chi connectivity index (χ3v) is 32.7. The normalized spacial score (nSPS) is 12.4. The molecule has 0 aliphatic heterocycles. The van der Waals surface area contributed by atoms with Gasteiger partial charge >= 0.3 is 0 Å². The van der Waals surface area contributed by atoms with Crippen molar-refractivity contribution in [3.8, 4) is 101 Å². The summed E-state index contributed by atoms with van der Waals surface area (Å²) in [5.74, 6) is 0. The number of hydrogen-bond donors (Lipinski definition) is 0. The topological polar surface area (TPSA) is 42.7 Å². The molecule has 0 saturated carbocycles. The Morgan fingerprint density at radius 3 is 0.866 bits per heavy atom. The standard InChI is InChI=1S/C48H30N2O.C48H30N2S.C45H32N2/c1-3-12-34(13-4-1)49-43-20-9-7-16-37(43)40-28-31(22-25-44(40)49)32-23-26-45-41(29-32)42-30-33(24-27-46(42)50(45)35-14-5-2-6-15-35)36-18-11-19-39-38-17-8-10-21-47(38)51-48(36)39;1-3-12-34(13-4-1)49-42-19-9-7-16-37(42)39-28-31(22-25-43(39)49)32-23-26-44-40(29-32)41-30-33(24-27-45(41)50(44)35-14-5-2-6-15-35)36-18-11-21-47-48(36)38-17-8-10-20-46(38)51-47;1-45(2)38-19-9-6-15-32(38)35-18-12-22-43(44(35)45)47-40-21-11-8-17-34(40)37-28-30(24-26-42(37)47)29-23-25-41-36(27-29)33-16-7-10-20-39(33)46(41)31-13-4-3-5-14-31/h2*1-30H;3-28H,1-2H3. The quantitative estimate of drug-likeness (QED) is 0.127.